The van der Waals surface area contributed by atoms with Crippen molar-refractivity contribution in [2.75, 3.05) is 11.5 Å². The van der Waals surface area contributed by atoms with Gasteiger partial charge in [-0.3, -0.25) is 9.69 Å². The molecule has 1 aliphatic heterocycles. The molecule has 1 heterocycles. The van der Waals surface area contributed by atoms with Crippen LogP contribution in [0.1, 0.15) is 51.0 Å². The second-order valence-electron chi connectivity index (χ2n) is 7.15. The molecule has 30 heavy (non-hydrogen) atoms. The van der Waals surface area contributed by atoms with Crippen LogP contribution >= 0.6 is 35.6 Å². The quantitative estimate of drug-likeness (QED) is 0.209. The van der Waals surface area contributed by atoms with Gasteiger partial charge in [-0.1, -0.05) is 98.9 Å². The van der Waals surface area contributed by atoms with Gasteiger partial charge in [-0.25, -0.2) is 0 Å². The van der Waals surface area contributed by atoms with Crippen molar-refractivity contribution < 1.29 is 9.53 Å². The highest BCUT2D eigenvalue weighted by molar-refractivity contribution is 8.27. The Labute approximate surface area is 193 Å². The Balaban J connectivity index is 1.56. The third kappa shape index (κ3) is 6.10. The van der Waals surface area contributed by atoms with Gasteiger partial charge in [0.15, 0.2) is 4.32 Å². The Hall–Kier alpha value is -1.82. The first kappa shape index (κ1) is 22.9. The number of thiocarbonyl (C=S) groups is 1. The summed E-state index contributed by atoms with van der Waals surface area (Å²) < 4.78 is 6.31. The van der Waals surface area contributed by atoms with E-state index in [1.54, 1.807) is 12.1 Å². The Morgan fingerprint density at radius 3 is 2.47 bits per heavy atom. The van der Waals surface area contributed by atoms with Crippen molar-refractivity contribution in [2.24, 2.45) is 0 Å². The average Bonchev–Trinajstić information content (AvgIpc) is 3.02. The number of amides is 1. The van der Waals surface area contributed by atoms with E-state index in [-0.39, 0.29) is 5.91 Å². The number of anilines is 1. The lowest BCUT2D eigenvalue weighted by atomic mass is 10.1. The summed E-state index contributed by atoms with van der Waals surface area (Å²) in [5.41, 5.74) is 1.55. The molecule has 1 fully saturated rings. The molecule has 0 atom stereocenters. The minimum atomic E-state index is -0.151. The first-order valence-electron chi connectivity index (χ1n) is 10.4. The number of nitrogens with zero attached hydrogens (tertiary/aromatic N) is 1. The lowest BCUT2D eigenvalue weighted by molar-refractivity contribution is -0.113. The number of rotatable bonds is 10. The van der Waals surface area contributed by atoms with Crippen LogP contribution in [0, 0.1) is 0 Å². The zero-order valence-electron chi connectivity index (χ0n) is 17.1. The molecule has 6 heteroatoms. The van der Waals surface area contributed by atoms with Gasteiger partial charge >= 0.3 is 0 Å². The SMILES string of the molecule is CCCCCCCCOc1ccc(/C=C2\SC(=S)N(c3ccccc3Cl)C2=O)cc1. The molecule has 0 spiro atoms. The largest absolute Gasteiger partial charge is 0.494 e. The normalized spacial score (nSPS) is 15.3. The van der Waals surface area contributed by atoms with Gasteiger partial charge in [0, 0.05) is 0 Å². The van der Waals surface area contributed by atoms with E-state index in [1.807, 2.05) is 42.5 Å². The van der Waals surface area contributed by atoms with Gasteiger partial charge in [0.2, 0.25) is 0 Å². The third-order valence-corrected chi connectivity index (χ3v) is 6.45. The fourth-order valence-corrected chi connectivity index (χ4v) is 4.70. The standard InChI is InChI=1S/C24H26ClNO2S2/c1-2-3-4-5-6-9-16-28-19-14-12-18(13-15-19)17-22-23(27)26(24(29)30-22)21-11-8-7-10-20(21)25/h7-8,10-15,17H,2-6,9,16H2,1H3/b22-17-. The van der Waals surface area contributed by atoms with Crippen LogP contribution in [0.25, 0.3) is 6.08 Å². The number of hydrogen-bond donors (Lipinski definition) is 0. The number of halogens is 1. The Kier molecular flexibility index (Phi) is 8.79. The molecule has 0 saturated carbocycles. The third-order valence-electron chi connectivity index (χ3n) is 4.83. The molecule has 1 saturated heterocycles. The van der Waals surface area contributed by atoms with Crippen LogP contribution < -0.4 is 9.64 Å². The van der Waals surface area contributed by atoms with Crippen molar-refractivity contribution in [1.82, 2.24) is 0 Å². The van der Waals surface area contributed by atoms with Gasteiger partial charge in [0.25, 0.3) is 5.91 Å². The lowest BCUT2D eigenvalue weighted by Crippen LogP contribution is -2.27. The van der Waals surface area contributed by atoms with Gasteiger partial charge in [-0.05, 0) is 42.3 Å². The fourth-order valence-electron chi connectivity index (χ4n) is 3.19. The van der Waals surface area contributed by atoms with Crippen LogP contribution in [0.15, 0.2) is 53.4 Å². The highest BCUT2D eigenvalue weighted by Crippen LogP contribution is 2.38. The van der Waals surface area contributed by atoms with Crippen molar-refractivity contribution >= 4 is 57.6 Å². The molecule has 158 valence electrons. The van der Waals surface area contributed by atoms with Crippen molar-refractivity contribution in [3.8, 4) is 5.75 Å². The number of hydrogen-bond acceptors (Lipinski definition) is 4. The summed E-state index contributed by atoms with van der Waals surface area (Å²) >= 11 is 13.0. The van der Waals surface area contributed by atoms with Crippen LogP contribution in [0.5, 0.6) is 5.75 Å². The van der Waals surface area contributed by atoms with Crippen molar-refractivity contribution in [3.63, 3.8) is 0 Å². The minimum absolute atomic E-state index is 0.151. The summed E-state index contributed by atoms with van der Waals surface area (Å²) in [5, 5.41) is 0.502. The molecule has 0 N–H and O–H groups in total. The molecule has 3 nitrogen and oxygen atoms in total. The van der Waals surface area contributed by atoms with Gasteiger partial charge in [0.1, 0.15) is 5.75 Å². The average molecular weight is 460 g/mol. The topological polar surface area (TPSA) is 29.5 Å². The Morgan fingerprint density at radius 1 is 1.03 bits per heavy atom. The molecular formula is C24H26ClNO2S2. The first-order chi connectivity index (χ1) is 14.6. The molecule has 0 bridgehead atoms. The number of unbranched alkanes of at least 4 members (excludes halogenated alkanes) is 5. The Bertz CT molecular complexity index is 912. The zero-order chi connectivity index (χ0) is 21.3. The van der Waals surface area contributed by atoms with E-state index in [0.717, 1.165) is 24.3 Å². The second-order valence-corrected chi connectivity index (χ2v) is 9.24. The summed E-state index contributed by atoms with van der Waals surface area (Å²) in [6.07, 6.45) is 9.33. The van der Waals surface area contributed by atoms with E-state index in [2.05, 4.69) is 6.92 Å². The summed E-state index contributed by atoms with van der Waals surface area (Å²) in [4.78, 5) is 15.0. The maximum Gasteiger partial charge on any atom is 0.270 e. The monoisotopic (exact) mass is 459 g/mol. The molecule has 0 unspecified atom stereocenters. The minimum Gasteiger partial charge on any atom is -0.494 e. The van der Waals surface area contributed by atoms with Gasteiger partial charge in [-0.15, -0.1) is 0 Å². The van der Waals surface area contributed by atoms with Crippen molar-refractivity contribution in [2.45, 2.75) is 45.4 Å². The molecule has 0 radical (unpaired) electrons. The van der Waals surface area contributed by atoms with E-state index in [0.29, 0.717) is 19.9 Å². The van der Waals surface area contributed by atoms with Gasteiger partial charge in [0.05, 0.1) is 22.2 Å². The van der Waals surface area contributed by atoms with Crippen LogP contribution in [0.2, 0.25) is 5.02 Å². The number of carbonyl (C=O) groups is 1. The van der Waals surface area contributed by atoms with Crippen LogP contribution in [-0.4, -0.2) is 16.8 Å². The lowest BCUT2D eigenvalue weighted by Gasteiger charge is -2.15. The number of thioether (sulfide) groups is 1. The van der Waals surface area contributed by atoms with E-state index in [4.69, 9.17) is 28.6 Å². The maximum absolute atomic E-state index is 12.9. The Morgan fingerprint density at radius 2 is 1.73 bits per heavy atom. The molecule has 3 rings (SSSR count). The van der Waals surface area contributed by atoms with Crippen LogP contribution in [0.4, 0.5) is 5.69 Å². The summed E-state index contributed by atoms with van der Waals surface area (Å²) in [5.74, 6) is 0.700. The smallest absolute Gasteiger partial charge is 0.270 e. The van der Waals surface area contributed by atoms with E-state index < -0.39 is 0 Å². The molecule has 0 aromatic heterocycles. The molecule has 1 amide bonds. The molecule has 2 aromatic carbocycles. The van der Waals surface area contributed by atoms with Crippen LogP contribution in [0.3, 0.4) is 0 Å². The van der Waals surface area contributed by atoms with Gasteiger partial charge in [-0.2, -0.15) is 0 Å². The predicted molar refractivity (Wildman–Crippen MR) is 132 cm³/mol. The molecule has 0 aliphatic carbocycles. The molecule has 2 aromatic rings. The van der Waals surface area contributed by atoms with Crippen LogP contribution in [-0.2, 0) is 4.79 Å². The van der Waals surface area contributed by atoms with E-state index in [9.17, 15) is 4.79 Å². The van der Waals surface area contributed by atoms with Crippen molar-refractivity contribution in [1.29, 1.82) is 0 Å². The fraction of sp³-hybridized carbons (Fsp3) is 0.333. The number of para-hydroxylation sites is 1. The van der Waals surface area contributed by atoms with Gasteiger partial charge < -0.3 is 4.74 Å². The number of carbonyl (C=O) groups excluding carboxylic acids is 1. The molecular weight excluding hydrogens is 434 g/mol. The molecule has 1 aliphatic rings. The highest BCUT2D eigenvalue weighted by Gasteiger charge is 2.34. The summed E-state index contributed by atoms with van der Waals surface area (Å²) in [6, 6.07) is 15.0. The van der Waals surface area contributed by atoms with Crippen molar-refractivity contribution in [3.05, 3.63) is 64.0 Å². The maximum atomic E-state index is 12.9. The predicted octanol–water partition coefficient (Wildman–Crippen LogP) is 7.49. The summed E-state index contributed by atoms with van der Waals surface area (Å²) in [7, 11) is 0. The number of ether oxygens (including phenoxy) is 1. The summed E-state index contributed by atoms with van der Waals surface area (Å²) in [6.45, 7) is 2.97. The first-order valence-corrected chi connectivity index (χ1v) is 12.0. The zero-order valence-corrected chi connectivity index (χ0v) is 19.5. The second kappa shape index (κ2) is 11.5. The van der Waals surface area contributed by atoms with E-state index in [1.165, 1.54) is 48.8 Å². The van der Waals surface area contributed by atoms with E-state index >= 15 is 0 Å². The highest BCUT2D eigenvalue weighted by atomic mass is 35.5. The number of benzene rings is 2.